The third kappa shape index (κ3) is 1.86. The van der Waals surface area contributed by atoms with E-state index in [1.165, 1.54) is 0 Å². The Morgan fingerprint density at radius 1 is 1.24 bits per heavy atom. The standard InChI is InChI=1S/C20H28O5/c1-18-9-20(24)16-13(14(18)4-5-15(18)17(22)23)3-2-11-8-12(21)6-7-19(11,16)10-25-20/h11,13-16,24H,2-10H2,1H3,(H,22,23)/t11?,13-,14-,15+,16-,18-,19+,20-/m0/s1. The zero-order valence-corrected chi connectivity index (χ0v) is 14.9. The molecule has 0 bridgehead atoms. The van der Waals surface area contributed by atoms with E-state index in [-0.39, 0.29) is 22.7 Å². The lowest BCUT2D eigenvalue weighted by molar-refractivity contribution is -0.268. The highest BCUT2D eigenvalue weighted by Crippen LogP contribution is 2.72. The van der Waals surface area contributed by atoms with Crippen LogP contribution in [0.15, 0.2) is 0 Å². The van der Waals surface area contributed by atoms with Crippen molar-refractivity contribution >= 4 is 11.8 Å². The van der Waals surface area contributed by atoms with Crippen molar-refractivity contribution in [3.8, 4) is 0 Å². The molecule has 4 saturated carbocycles. The van der Waals surface area contributed by atoms with E-state index in [2.05, 4.69) is 6.92 Å². The highest BCUT2D eigenvalue weighted by atomic mass is 16.6. The van der Waals surface area contributed by atoms with Gasteiger partial charge in [0.2, 0.25) is 0 Å². The summed E-state index contributed by atoms with van der Waals surface area (Å²) in [5.41, 5.74) is -0.446. The number of carbonyl (C=O) groups excluding carboxylic acids is 1. The predicted octanol–water partition coefficient (Wildman–Crippen LogP) is 2.61. The monoisotopic (exact) mass is 348 g/mol. The van der Waals surface area contributed by atoms with E-state index in [1.54, 1.807) is 0 Å². The molecule has 0 aromatic rings. The number of carboxylic acids is 1. The SMILES string of the molecule is C[C@]12C[C@]3(O)OC[C@]45CCC(=O)CC4CC[C@@H]([C@@H]1CC[C@@H]2C(=O)O)[C@@H]53. The largest absolute Gasteiger partial charge is 0.481 e. The summed E-state index contributed by atoms with van der Waals surface area (Å²) in [5.74, 6) is -0.840. The van der Waals surface area contributed by atoms with Crippen molar-refractivity contribution in [2.45, 2.75) is 64.1 Å². The average molecular weight is 348 g/mol. The number of hydrogen-bond donors (Lipinski definition) is 2. The molecule has 1 saturated heterocycles. The first-order chi connectivity index (χ1) is 11.8. The van der Waals surface area contributed by atoms with Crippen molar-refractivity contribution in [2.75, 3.05) is 6.61 Å². The third-order valence-electron chi connectivity index (χ3n) is 8.99. The minimum Gasteiger partial charge on any atom is -0.481 e. The third-order valence-corrected chi connectivity index (χ3v) is 8.99. The van der Waals surface area contributed by atoms with Gasteiger partial charge in [-0.3, -0.25) is 9.59 Å². The summed E-state index contributed by atoms with van der Waals surface area (Å²) in [5, 5.41) is 21.3. The van der Waals surface area contributed by atoms with Crippen LogP contribution in [0.3, 0.4) is 0 Å². The highest BCUT2D eigenvalue weighted by Gasteiger charge is 2.73. The summed E-state index contributed by atoms with van der Waals surface area (Å²) in [6.45, 7) is 2.62. The predicted molar refractivity (Wildman–Crippen MR) is 88.5 cm³/mol. The first-order valence-corrected chi connectivity index (χ1v) is 9.91. The van der Waals surface area contributed by atoms with Crippen molar-refractivity contribution < 1.29 is 24.5 Å². The molecule has 5 aliphatic rings. The minimum atomic E-state index is -1.20. The van der Waals surface area contributed by atoms with Crippen LogP contribution in [-0.2, 0) is 14.3 Å². The maximum absolute atomic E-state index is 12.0. The number of fused-ring (bicyclic) bond motifs is 2. The molecule has 1 heterocycles. The van der Waals surface area contributed by atoms with Gasteiger partial charge in [0.05, 0.1) is 12.5 Å². The molecule has 0 aromatic heterocycles. The van der Waals surface area contributed by atoms with E-state index in [9.17, 15) is 19.8 Å². The zero-order valence-electron chi connectivity index (χ0n) is 14.9. The van der Waals surface area contributed by atoms with Gasteiger partial charge in [-0.05, 0) is 55.3 Å². The Bertz CT molecular complexity index is 646. The fourth-order valence-corrected chi connectivity index (χ4v) is 8.12. The number of rotatable bonds is 1. The number of ketones is 1. The smallest absolute Gasteiger partial charge is 0.307 e. The molecule has 5 nitrogen and oxygen atoms in total. The van der Waals surface area contributed by atoms with E-state index in [4.69, 9.17) is 4.74 Å². The van der Waals surface area contributed by atoms with Gasteiger partial charge in [0.1, 0.15) is 5.78 Å². The molecule has 138 valence electrons. The van der Waals surface area contributed by atoms with E-state index < -0.39 is 11.8 Å². The van der Waals surface area contributed by atoms with Gasteiger partial charge in [-0.2, -0.15) is 0 Å². The van der Waals surface area contributed by atoms with Crippen LogP contribution in [0.1, 0.15) is 58.3 Å². The average Bonchev–Trinajstić information content (AvgIpc) is 3.03. The second-order valence-corrected chi connectivity index (χ2v) is 9.78. The summed E-state index contributed by atoms with van der Waals surface area (Å²) in [6, 6.07) is 0. The van der Waals surface area contributed by atoms with Gasteiger partial charge in [-0.25, -0.2) is 0 Å². The molecule has 0 aromatic carbocycles. The maximum Gasteiger partial charge on any atom is 0.307 e. The van der Waals surface area contributed by atoms with Gasteiger partial charge >= 0.3 is 5.97 Å². The van der Waals surface area contributed by atoms with Gasteiger partial charge in [0.15, 0.2) is 5.79 Å². The molecule has 1 unspecified atom stereocenters. The summed E-state index contributed by atoms with van der Waals surface area (Å²) in [7, 11) is 0. The Kier molecular flexibility index (Phi) is 3.16. The Morgan fingerprint density at radius 2 is 2.04 bits per heavy atom. The van der Waals surface area contributed by atoms with E-state index in [0.29, 0.717) is 55.8 Å². The second-order valence-electron chi connectivity index (χ2n) is 9.78. The Hall–Kier alpha value is -0.940. The minimum absolute atomic E-state index is 0.0613. The van der Waals surface area contributed by atoms with Crippen LogP contribution in [0.25, 0.3) is 0 Å². The number of Topliss-reactive ketones (excluding diaryl/α,β-unsaturated/α-hetero) is 1. The molecule has 8 atom stereocenters. The van der Waals surface area contributed by atoms with Gasteiger partial charge in [0, 0.05) is 30.6 Å². The summed E-state index contributed by atoms with van der Waals surface area (Å²) < 4.78 is 6.11. The lowest BCUT2D eigenvalue weighted by Crippen LogP contribution is -2.61. The molecule has 0 radical (unpaired) electrons. The van der Waals surface area contributed by atoms with E-state index in [0.717, 1.165) is 25.7 Å². The van der Waals surface area contributed by atoms with Gasteiger partial charge in [-0.15, -0.1) is 0 Å². The second kappa shape index (κ2) is 4.86. The molecular weight excluding hydrogens is 320 g/mol. The molecular formula is C20H28O5. The Morgan fingerprint density at radius 3 is 2.80 bits per heavy atom. The molecule has 1 aliphatic heterocycles. The molecule has 25 heavy (non-hydrogen) atoms. The molecule has 5 heteroatoms. The normalized spacial score (nSPS) is 56.9. The summed E-state index contributed by atoms with van der Waals surface area (Å²) >= 11 is 0. The molecule has 0 amide bonds. The fourth-order valence-electron chi connectivity index (χ4n) is 8.12. The fraction of sp³-hybridized carbons (Fsp3) is 0.900. The first-order valence-electron chi connectivity index (χ1n) is 9.91. The van der Waals surface area contributed by atoms with E-state index in [1.807, 2.05) is 0 Å². The van der Waals surface area contributed by atoms with Crippen LogP contribution < -0.4 is 0 Å². The van der Waals surface area contributed by atoms with Gasteiger partial charge in [0.25, 0.3) is 0 Å². The van der Waals surface area contributed by atoms with Crippen LogP contribution in [-0.4, -0.2) is 34.4 Å². The van der Waals surface area contributed by atoms with Crippen LogP contribution in [0.4, 0.5) is 0 Å². The van der Waals surface area contributed by atoms with Crippen LogP contribution in [0.5, 0.6) is 0 Å². The zero-order chi connectivity index (χ0) is 17.6. The lowest BCUT2D eigenvalue weighted by Gasteiger charge is -2.60. The molecule has 2 N–H and O–H groups in total. The van der Waals surface area contributed by atoms with Crippen molar-refractivity contribution in [1.82, 2.24) is 0 Å². The van der Waals surface area contributed by atoms with Crippen molar-refractivity contribution in [3.05, 3.63) is 0 Å². The Balaban J connectivity index is 1.57. The summed E-state index contributed by atoms with van der Waals surface area (Å²) in [4.78, 5) is 23.8. The van der Waals surface area contributed by atoms with Crippen molar-refractivity contribution in [2.24, 2.45) is 40.4 Å². The molecule has 5 rings (SSSR count). The number of hydrogen-bond acceptors (Lipinski definition) is 4. The van der Waals surface area contributed by atoms with Crippen molar-refractivity contribution in [1.29, 1.82) is 0 Å². The number of carbonyl (C=O) groups is 2. The lowest BCUT2D eigenvalue weighted by atomic mass is 9.44. The van der Waals surface area contributed by atoms with Gasteiger partial charge in [-0.1, -0.05) is 6.92 Å². The molecule has 4 aliphatic carbocycles. The topological polar surface area (TPSA) is 83.8 Å². The number of carboxylic acid groups (broad SMARTS) is 1. The number of aliphatic hydroxyl groups is 1. The van der Waals surface area contributed by atoms with Crippen LogP contribution in [0.2, 0.25) is 0 Å². The molecule has 1 spiro atoms. The number of aliphatic carboxylic acids is 1. The van der Waals surface area contributed by atoms with Crippen molar-refractivity contribution in [3.63, 3.8) is 0 Å². The Labute approximate surface area is 148 Å². The summed E-state index contributed by atoms with van der Waals surface area (Å²) in [6.07, 6.45) is 6.21. The van der Waals surface area contributed by atoms with Gasteiger partial charge < -0.3 is 14.9 Å². The van der Waals surface area contributed by atoms with Crippen LogP contribution >= 0.6 is 0 Å². The maximum atomic E-state index is 12.0. The molecule has 5 fully saturated rings. The van der Waals surface area contributed by atoms with E-state index >= 15 is 0 Å². The highest BCUT2D eigenvalue weighted by molar-refractivity contribution is 5.79. The quantitative estimate of drug-likeness (QED) is 0.761. The number of ether oxygens (including phenoxy) is 1. The van der Waals surface area contributed by atoms with Crippen LogP contribution in [0, 0.1) is 40.4 Å². The first kappa shape index (κ1) is 16.2.